The van der Waals surface area contributed by atoms with Crippen molar-refractivity contribution < 1.29 is 9.47 Å². The first kappa shape index (κ1) is 18.3. The van der Waals surface area contributed by atoms with Crippen molar-refractivity contribution in [1.82, 2.24) is 4.90 Å². The number of rotatable bonds is 7. The molecule has 1 aromatic carbocycles. The molecule has 0 spiro atoms. The summed E-state index contributed by atoms with van der Waals surface area (Å²) in [5.74, 6) is 1.99. The Hall–Kier alpha value is -0.780. The molecule has 0 saturated heterocycles. The summed E-state index contributed by atoms with van der Waals surface area (Å²) in [5.41, 5.74) is 7.16. The van der Waals surface area contributed by atoms with Gasteiger partial charge < -0.3 is 15.2 Å². The fourth-order valence-electron chi connectivity index (χ4n) is 2.39. The lowest BCUT2D eigenvalue weighted by Crippen LogP contribution is -2.39. The van der Waals surface area contributed by atoms with Gasteiger partial charge in [-0.05, 0) is 37.6 Å². The van der Waals surface area contributed by atoms with Crippen LogP contribution in [0.15, 0.2) is 16.6 Å². The van der Waals surface area contributed by atoms with Gasteiger partial charge in [-0.2, -0.15) is 0 Å². The predicted octanol–water partition coefficient (Wildman–Crippen LogP) is 3.44. The monoisotopic (exact) mass is 358 g/mol. The van der Waals surface area contributed by atoms with Gasteiger partial charge in [0.2, 0.25) is 0 Å². The Kier molecular flexibility index (Phi) is 6.97. The van der Waals surface area contributed by atoms with Crippen LogP contribution in [0.1, 0.15) is 32.4 Å². The van der Waals surface area contributed by atoms with Crippen LogP contribution in [0.5, 0.6) is 11.5 Å². The molecule has 0 saturated carbocycles. The highest BCUT2D eigenvalue weighted by molar-refractivity contribution is 9.10. The Bertz CT molecular complexity index is 466. The van der Waals surface area contributed by atoms with E-state index < -0.39 is 0 Å². The molecule has 0 bridgehead atoms. The van der Waals surface area contributed by atoms with Crippen LogP contribution in [0.3, 0.4) is 0 Å². The van der Waals surface area contributed by atoms with Crippen LogP contribution >= 0.6 is 15.9 Å². The predicted molar refractivity (Wildman–Crippen MR) is 91.1 cm³/mol. The molecule has 21 heavy (non-hydrogen) atoms. The molecular weight excluding hydrogens is 332 g/mol. The van der Waals surface area contributed by atoms with Crippen LogP contribution in [-0.4, -0.2) is 38.8 Å². The molecule has 0 aliphatic rings. The number of nitrogens with two attached hydrogens (primary N) is 1. The van der Waals surface area contributed by atoms with E-state index in [0.29, 0.717) is 24.3 Å². The minimum Gasteiger partial charge on any atom is -0.493 e. The second-order valence-electron chi connectivity index (χ2n) is 5.63. The van der Waals surface area contributed by atoms with Gasteiger partial charge in [0, 0.05) is 23.1 Å². The lowest BCUT2D eigenvalue weighted by Gasteiger charge is -2.35. The molecular formula is C16H27BrN2O2. The topological polar surface area (TPSA) is 47.7 Å². The number of hydrogen-bond donors (Lipinski definition) is 1. The number of ether oxygens (including phenoxy) is 2. The largest absolute Gasteiger partial charge is 0.493 e. The standard InChI is InChI=1S/C16H27BrN2O2/c1-10(2)11(3)19(4)14(9-18)12-7-15(20-5)16(21-6)8-13(12)17/h7-8,10-11,14H,9,18H2,1-6H3. The van der Waals surface area contributed by atoms with E-state index in [-0.39, 0.29) is 6.04 Å². The third-order valence-electron chi connectivity index (χ3n) is 4.18. The Morgan fingerprint density at radius 2 is 1.67 bits per heavy atom. The highest BCUT2D eigenvalue weighted by Crippen LogP contribution is 2.38. The van der Waals surface area contributed by atoms with Crippen LogP contribution in [0, 0.1) is 5.92 Å². The van der Waals surface area contributed by atoms with Gasteiger partial charge in [-0.1, -0.05) is 29.8 Å². The molecule has 0 amide bonds. The van der Waals surface area contributed by atoms with E-state index in [2.05, 4.69) is 48.6 Å². The van der Waals surface area contributed by atoms with E-state index in [1.54, 1.807) is 14.2 Å². The summed E-state index contributed by atoms with van der Waals surface area (Å²) in [4.78, 5) is 2.32. The highest BCUT2D eigenvalue weighted by atomic mass is 79.9. The number of benzene rings is 1. The molecule has 0 aliphatic heterocycles. The Balaban J connectivity index is 3.22. The normalized spacial score (nSPS) is 14.4. The lowest BCUT2D eigenvalue weighted by molar-refractivity contribution is 0.151. The molecule has 1 rings (SSSR count). The molecule has 5 heteroatoms. The van der Waals surface area contributed by atoms with Gasteiger partial charge in [0.25, 0.3) is 0 Å². The van der Waals surface area contributed by atoms with Crippen molar-refractivity contribution in [2.75, 3.05) is 27.8 Å². The van der Waals surface area contributed by atoms with E-state index in [0.717, 1.165) is 15.8 Å². The van der Waals surface area contributed by atoms with E-state index in [1.165, 1.54) is 0 Å². The zero-order valence-corrected chi connectivity index (χ0v) is 15.4. The number of likely N-dealkylation sites (N-methyl/N-ethyl adjacent to an activating group) is 1. The third kappa shape index (κ3) is 4.11. The molecule has 0 radical (unpaired) electrons. The Morgan fingerprint density at radius 3 is 2.10 bits per heavy atom. The fraction of sp³-hybridized carbons (Fsp3) is 0.625. The summed E-state index contributed by atoms with van der Waals surface area (Å²) >= 11 is 3.63. The first-order valence-electron chi connectivity index (χ1n) is 7.20. The van der Waals surface area contributed by atoms with Crippen molar-refractivity contribution >= 4 is 15.9 Å². The van der Waals surface area contributed by atoms with Gasteiger partial charge in [0.05, 0.1) is 14.2 Å². The number of methoxy groups -OCH3 is 2. The molecule has 0 aromatic heterocycles. The maximum atomic E-state index is 6.04. The van der Waals surface area contributed by atoms with E-state index in [9.17, 15) is 0 Å². The Morgan fingerprint density at radius 1 is 1.14 bits per heavy atom. The smallest absolute Gasteiger partial charge is 0.161 e. The van der Waals surface area contributed by atoms with Gasteiger partial charge in [0.15, 0.2) is 11.5 Å². The van der Waals surface area contributed by atoms with E-state index >= 15 is 0 Å². The summed E-state index contributed by atoms with van der Waals surface area (Å²) in [6.07, 6.45) is 0. The lowest BCUT2D eigenvalue weighted by atomic mass is 9.99. The molecule has 0 aliphatic carbocycles. The average Bonchev–Trinajstić information content (AvgIpc) is 2.47. The minimum absolute atomic E-state index is 0.122. The van der Waals surface area contributed by atoms with Crippen molar-refractivity contribution in [3.8, 4) is 11.5 Å². The molecule has 1 aromatic rings. The van der Waals surface area contributed by atoms with Gasteiger partial charge in [-0.25, -0.2) is 0 Å². The van der Waals surface area contributed by atoms with Crippen LogP contribution in [0.4, 0.5) is 0 Å². The van der Waals surface area contributed by atoms with Crippen LogP contribution in [-0.2, 0) is 0 Å². The van der Waals surface area contributed by atoms with Gasteiger partial charge >= 0.3 is 0 Å². The van der Waals surface area contributed by atoms with Crippen LogP contribution in [0.25, 0.3) is 0 Å². The van der Waals surface area contributed by atoms with Crippen LogP contribution in [0.2, 0.25) is 0 Å². The minimum atomic E-state index is 0.122. The van der Waals surface area contributed by atoms with Gasteiger partial charge in [-0.15, -0.1) is 0 Å². The van der Waals surface area contributed by atoms with Crippen molar-refractivity contribution in [1.29, 1.82) is 0 Å². The van der Waals surface area contributed by atoms with Crippen LogP contribution < -0.4 is 15.2 Å². The molecule has 4 nitrogen and oxygen atoms in total. The molecule has 2 unspecified atom stereocenters. The van der Waals surface area contributed by atoms with E-state index in [1.807, 2.05) is 12.1 Å². The zero-order valence-electron chi connectivity index (χ0n) is 13.8. The third-order valence-corrected chi connectivity index (χ3v) is 4.87. The fourth-order valence-corrected chi connectivity index (χ4v) is 2.98. The molecule has 2 atom stereocenters. The maximum Gasteiger partial charge on any atom is 0.161 e. The molecule has 2 N–H and O–H groups in total. The number of nitrogens with zero attached hydrogens (tertiary/aromatic N) is 1. The molecule has 0 heterocycles. The van der Waals surface area contributed by atoms with Crippen molar-refractivity contribution in [2.45, 2.75) is 32.9 Å². The summed E-state index contributed by atoms with van der Waals surface area (Å²) in [6.45, 7) is 7.21. The first-order chi connectivity index (χ1) is 9.87. The second kappa shape index (κ2) is 8.01. The zero-order chi connectivity index (χ0) is 16.2. The summed E-state index contributed by atoms with van der Waals surface area (Å²) in [7, 11) is 5.40. The quantitative estimate of drug-likeness (QED) is 0.810. The van der Waals surface area contributed by atoms with Crippen molar-refractivity contribution in [2.24, 2.45) is 11.7 Å². The van der Waals surface area contributed by atoms with Gasteiger partial charge in [0.1, 0.15) is 0 Å². The summed E-state index contributed by atoms with van der Waals surface area (Å²) in [6, 6.07) is 4.49. The second-order valence-corrected chi connectivity index (χ2v) is 6.48. The molecule has 0 fully saturated rings. The van der Waals surface area contributed by atoms with Crippen molar-refractivity contribution in [3.63, 3.8) is 0 Å². The molecule has 120 valence electrons. The van der Waals surface area contributed by atoms with Crippen molar-refractivity contribution in [3.05, 3.63) is 22.2 Å². The Labute approximate surface area is 136 Å². The van der Waals surface area contributed by atoms with Gasteiger partial charge in [-0.3, -0.25) is 4.90 Å². The maximum absolute atomic E-state index is 6.04. The summed E-state index contributed by atoms with van der Waals surface area (Å²) in [5, 5.41) is 0. The SMILES string of the molecule is COc1cc(Br)c(C(CN)N(C)C(C)C(C)C)cc1OC. The average molecular weight is 359 g/mol. The number of hydrogen-bond acceptors (Lipinski definition) is 4. The highest BCUT2D eigenvalue weighted by Gasteiger charge is 2.25. The number of halogens is 1. The summed E-state index contributed by atoms with van der Waals surface area (Å²) < 4.78 is 11.7. The first-order valence-corrected chi connectivity index (χ1v) is 8.00. The van der Waals surface area contributed by atoms with E-state index in [4.69, 9.17) is 15.2 Å².